The average Bonchev–Trinajstić information content (AvgIpc) is 2.74. The van der Waals surface area contributed by atoms with Gasteiger partial charge in [-0.25, -0.2) is 0 Å². The van der Waals surface area contributed by atoms with Gasteiger partial charge in [0.15, 0.2) is 0 Å². The fourth-order valence-electron chi connectivity index (χ4n) is 11.2. The van der Waals surface area contributed by atoms with Gasteiger partial charge in [-0.1, -0.05) is 41.5 Å². The SMILES string of the molecule is C[C@H]1C(=O)CCC2[C@]3(C)CC[C@@]4(C)C5C[C@@](C)(C(=O)O)CC[C@]5(C)CC[C@]4(C)C3CC[C@@]21C. The summed E-state index contributed by atoms with van der Waals surface area (Å²) in [7, 11) is 0. The van der Waals surface area contributed by atoms with E-state index >= 15 is 0 Å². The maximum Gasteiger partial charge on any atom is 0.309 e. The molecule has 5 aliphatic rings. The molecule has 0 saturated heterocycles. The molecule has 5 saturated carbocycles. The van der Waals surface area contributed by atoms with E-state index in [4.69, 9.17) is 0 Å². The Balaban J connectivity index is 1.54. The average molecular weight is 457 g/mol. The zero-order valence-corrected chi connectivity index (χ0v) is 22.4. The van der Waals surface area contributed by atoms with E-state index in [0.29, 0.717) is 29.0 Å². The molecule has 0 aromatic heterocycles. The zero-order chi connectivity index (χ0) is 24.2. The van der Waals surface area contributed by atoms with Crippen molar-refractivity contribution in [2.24, 2.45) is 56.2 Å². The fraction of sp³-hybridized carbons (Fsp3) is 0.933. The third-order valence-corrected chi connectivity index (χ3v) is 14.0. The lowest BCUT2D eigenvalue weighted by Gasteiger charge is -2.74. The Hall–Kier alpha value is -0.860. The van der Waals surface area contributed by atoms with Crippen molar-refractivity contribution in [3.63, 3.8) is 0 Å². The molecule has 0 aromatic carbocycles. The molecule has 3 unspecified atom stereocenters. The quantitative estimate of drug-likeness (QED) is 0.444. The molecule has 10 atom stereocenters. The number of carboxylic acid groups (broad SMARTS) is 1. The van der Waals surface area contributed by atoms with Crippen LogP contribution in [0.5, 0.6) is 0 Å². The minimum absolute atomic E-state index is 0.153. The number of rotatable bonds is 1. The van der Waals surface area contributed by atoms with E-state index in [9.17, 15) is 14.7 Å². The van der Waals surface area contributed by atoms with Crippen LogP contribution >= 0.6 is 0 Å². The molecule has 0 aromatic rings. The van der Waals surface area contributed by atoms with Gasteiger partial charge in [0.1, 0.15) is 5.78 Å². The standard InChI is InChI=1S/C30H48O3/c1-19-20(31)8-9-21-27(19,4)11-10-22-28(21,5)15-17-30(7)23-18-26(3,24(32)33)13-12-25(23,2)14-16-29(22,30)6/h19,21-23H,8-18H2,1-7H3,(H,32,33)/t19-,21?,22?,23?,25+,26-,27+,28-,29+,30-/m0/s1. The van der Waals surface area contributed by atoms with Crippen molar-refractivity contribution in [2.45, 2.75) is 119 Å². The molecule has 3 heteroatoms. The molecule has 0 heterocycles. The number of carboxylic acids is 1. The molecule has 0 radical (unpaired) electrons. The molecule has 186 valence electrons. The summed E-state index contributed by atoms with van der Waals surface area (Å²) in [6, 6.07) is 0. The van der Waals surface area contributed by atoms with Crippen molar-refractivity contribution in [3.05, 3.63) is 0 Å². The van der Waals surface area contributed by atoms with Crippen molar-refractivity contribution >= 4 is 11.8 Å². The first-order chi connectivity index (χ1) is 15.2. The molecule has 33 heavy (non-hydrogen) atoms. The summed E-state index contributed by atoms with van der Waals surface area (Å²) < 4.78 is 0. The van der Waals surface area contributed by atoms with E-state index in [1.54, 1.807) is 0 Å². The monoisotopic (exact) mass is 456 g/mol. The van der Waals surface area contributed by atoms with Crippen molar-refractivity contribution in [1.29, 1.82) is 0 Å². The van der Waals surface area contributed by atoms with Gasteiger partial charge >= 0.3 is 5.97 Å². The van der Waals surface area contributed by atoms with Gasteiger partial charge in [-0.15, -0.1) is 0 Å². The van der Waals surface area contributed by atoms with Crippen LogP contribution < -0.4 is 0 Å². The minimum atomic E-state index is -0.588. The summed E-state index contributed by atoms with van der Waals surface area (Å²) in [4.78, 5) is 25.0. The first-order valence-electron chi connectivity index (χ1n) is 13.9. The highest BCUT2D eigenvalue weighted by molar-refractivity contribution is 5.82. The van der Waals surface area contributed by atoms with Gasteiger partial charge in [-0.05, 0) is 116 Å². The Kier molecular flexibility index (Phi) is 4.97. The Morgan fingerprint density at radius 1 is 0.758 bits per heavy atom. The van der Waals surface area contributed by atoms with Gasteiger partial charge < -0.3 is 5.11 Å². The van der Waals surface area contributed by atoms with Crippen LogP contribution in [0.2, 0.25) is 0 Å². The van der Waals surface area contributed by atoms with Gasteiger partial charge in [-0.3, -0.25) is 9.59 Å². The Bertz CT molecular complexity index is 880. The van der Waals surface area contributed by atoms with Crippen LogP contribution in [0.3, 0.4) is 0 Å². The largest absolute Gasteiger partial charge is 0.481 e. The van der Waals surface area contributed by atoms with Crippen LogP contribution in [0.25, 0.3) is 0 Å². The van der Waals surface area contributed by atoms with Gasteiger partial charge in [0.2, 0.25) is 0 Å². The smallest absolute Gasteiger partial charge is 0.309 e. The molecular weight excluding hydrogens is 408 g/mol. The van der Waals surface area contributed by atoms with E-state index in [1.807, 2.05) is 6.92 Å². The van der Waals surface area contributed by atoms with E-state index in [1.165, 1.54) is 38.5 Å². The lowest BCUT2D eigenvalue weighted by molar-refractivity contribution is -0.257. The third-order valence-electron chi connectivity index (χ3n) is 14.0. The van der Waals surface area contributed by atoms with Crippen molar-refractivity contribution < 1.29 is 14.7 Å². The molecule has 0 bridgehead atoms. The molecule has 5 aliphatic carbocycles. The van der Waals surface area contributed by atoms with Crippen LogP contribution in [-0.2, 0) is 9.59 Å². The summed E-state index contributed by atoms with van der Waals surface area (Å²) in [6.07, 6.45) is 12.0. The third kappa shape index (κ3) is 2.80. The van der Waals surface area contributed by atoms with E-state index in [0.717, 1.165) is 32.1 Å². The highest BCUT2D eigenvalue weighted by atomic mass is 16.4. The Morgan fingerprint density at radius 2 is 1.36 bits per heavy atom. The first kappa shape index (κ1) is 23.9. The topological polar surface area (TPSA) is 54.4 Å². The Labute approximate surface area is 201 Å². The lowest BCUT2D eigenvalue weighted by Crippen LogP contribution is -2.68. The summed E-state index contributed by atoms with van der Waals surface area (Å²) in [5.74, 6) is 1.91. The van der Waals surface area contributed by atoms with Crippen LogP contribution in [0.15, 0.2) is 0 Å². The molecule has 0 spiro atoms. The number of Topliss-reactive ketones (excluding diaryl/α,β-unsaturated/α-hetero) is 1. The van der Waals surface area contributed by atoms with Gasteiger partial charge in [0, 0.05) is 12.3 Å². The van der Waals surface area contributed by atoms with Crippen LogP contribution in [0, 0.1) is 56.2 Å². The number of carbonyl (C=O) groups excluding carboxylic acids is 1. The number of ketones is 1. The van der Waals surface area contributed by atoms with Crippen LogP contribution in [-0.4, -0.2) is 16.9 Å². The summed E-state index contributed by atoms with van der Waals surface area (Å²) >= 11 is 0. The predicted molar refractivity (Wildman–Crippen MR) is 132 cm³/mol. The van der Waals surface area contributed by atoms with Gasteiger partial charge in [0.05, 0.1) is 5.41 Å². The summed E-state index contributed by atoms with van der Waals surface area (Å²) in [6.45, 7) is 16.9. The highest BCUT2D eigenvalue weighted by Crippen LogP contribution is 2.78. The van der Waals surface area contributed by atoms with Crippen molar-refractivity contribution in [3.8, 4) is 0 Å². The molecule has 0 amide bonds. The molecule has 5 fully saturated rings. The van der Waals surface area contributed by atoms with Crippen LogP contribution in [0.4, 0.5) is 0 Å². The number of hydrogen-bond donors (Lipinski definition) is 1. The van der Waals surface area contributed by atoms with Gasteiger partial charge in [0.25, 0.3) is 0 Å². The fourth-order valence-corrected chi connectivity index (χ4v) is 11.2. The van der Waals surface area contributed by atoms with Crippen molar-refractivity contribution in [1.82, 2.24) is 0 Å². The first-order valence-corrected chi connectivity index (χ1v) is 13.9. The summed E-state index contributed by atoms with van der Waals surface area (Å²) in [5.41, 5.74) is 0.621. The second kappa shape index (κ2) is 6.88. The zero-order valence-electron chi connectivity index (χ0n) is 22.4. The van der Waals surface area contributed by atoms with Gasteiger partial charge in [-0.2, -0.15) is 0 Å². The highest BCUT2D eigenvalue weighted by Gasteiger charge is 2.71. The number of carbonyl (C=O) groups is 2. The normalized spacial score (nSPS) is 58.5. The van der Waals surface area contributed by atoms with Crippen molar-refractivity contribution in [2.75, 3.05) is 0 Å². The molecule has 0 aliphatic heterocycles. The van der Waals surface area contributed by atoms with E-state index in [-0.39, 0.29) is 27.6 Å². The molecule has 3 nitrogen and oxygen atoms in total. The molecule has 5 rings (SSSR count). The molecule has 1 N–H and O–H groups in total. The number of fused-ring (bicyclic) bond motifs is 7. The summed E-state index contributed by atoms with van der Waals surface area (Å²) in [5, 5.41) is 10.1. The number of hydrogen-bond acceptors (Lipinski definition) is 2. The van der Waals surface area contributed by atoms with E-state index < -0.39 is 11.4 Å². The lowest BCUT2D eigenvalue weighted by atomic mass is 9.30. The maximum atomic E-state index is 12.7. The van der Waals surface area contributed by atoms with Crippen LogP contribution in [0.1, 0.15) is 119 Å². The second-order valence-corrected chi connectivity index (χ2v) is 15.0. The predicted octanol–water partition coefficient (Wildman–Crippen LogP) is 7.52. The second-order valence-electron chi connectivity index (χ2n) is 15.0. The van der Waals surface area contributed by atoms with E-state index in [2.05, 4.69) is 41.5 Å². The number of aliphatic carboxylic acids is 1. The Morgan fingerprint density at radius 3 is 2.03 bits per heavy atom. The molecular formula is C30H48O3. The minimum Gasteiger partial charge on any atom is -0.481 e. The maximum absolute atomic E-state index is 12.7.